The second-order valence-electron chi connectivity index (χ2n) is 3.83. The van der Waals surface area contributed by atoms with Gasteiger partial charge in [-0.25, -0.2) is 0 Å². The zero-order valence-corrected chi connectivity index (χ0v) is 11.8. The largest absolute Gasteiger partial charge is 0.376 e. The third-order valence-electron chi connectivity index (χ3n) is 2.61. The predicted octanol–water partition coefficient (Wildman–Crippen LogP) is 1.16. The molecule has 1 amide bonds. The molecule has 0 radical (unpaired) electrons. The van der Waals surface area contributed by atoms with Crippen molar-refractivity contribution in [2.45, 2.75) is 13.1 Å². The highest BCUT2D eigenvalue weighted by molar-refractivity contribution is 9.10. The molecule has 1 aliphatic rings. The maximum atomic E-state index is 12.2. The number of carbonyl (C=O) groups is 2. The van der Waals surface area contributed by atoms with E-state index in [-0.39, 0.29) is 16.8 Å². The van der Waals surface area contributed by atoms with Gasteiger partial charge in [-0.05, 0) is 30.4 Å². The van der Waals surface area contributed by atoms with Crippen LogP contribution >= 0.6 is 28.1 Å². The van der Waals surface area contributed by atoms with E-state index >= 15 is 0 Å². The lowest BCUT2D eigenvalue weighted by atomic mass is 10.1. The Bertz CT molecular complexity index is 561. The van der Waals surface area contributed by atoms with E-state index in [1.807, 2.05) is 0 Å². The van der Waals surface area contributed by atoms with Gasteiger partial charge >= 0.3 is 0 Å². The van der Waals surface area contributed by atoms with Gasteiger partial charge in [0.05, 0.1) is 5.69 Å². The molecule has 5 nitrogen and oxygen atoms in total. The first kappa shape index (κ1) is 13.0. The minimum atomic E-state index is -0.857. The summed E-state index contributed by atoms with van der Waals surface area (Å²) in [5.74, 6) is -0.479. The van der Waals surface area contributed by atoms with E-state index in [0.29, 0.717) is 11.3 Å². The smallest absolute Gasteiger partial charge is 0.225 e. The maximum Gasteiger partial charge on any atom is 0.225 e. The minimum Gasteiger partial charge on any atom is -0.376 e. The fraction of sp³-hybridized carbons (Fsp3) is 0.182. The molecule has 1 aromatic rings. The van der Waals surface area contributed by atoms with E-state index in [9.17, 15) is 9.59 Å². The van der Waals surface area contributed by atoms with Crippen molar-refractivity contribution < 1.29 is 9.59 Å². The van der Waals surface area contributed by atoms with E-state index in [4.69, 9.17) is 18.0 Å². The van der Waals surface area contributed by atoms with Crippen molar-refractivity contribution in [3.05, 3.63) is 28.2 Å². The Kier molecular flexibility index (Phi) is 3.36. The molecule has 18 heavy (non-hydrogen) atoms. The Hall–Kier alpha value is -1.47. The van der Waals surface area contributed by atoms with Gasteiger partial charge in [0, 0.05) is 17.0 Å². The lowest BCUT2D eigenvalue weighted by Crippen LogP contribution is -2.52. The number of benzene rings is 1. The molecule has 7 heteroatoms. The van der Waals surface area contributed by atoms with Gasteiger partial charge in [0.25, 0.3) is 0 Å². The monoisotopic (exact) mass is 327 g/mol. The molecule has 1 aromatic carbocycles. The number of nitrogens with two attached hydrogens (primary N) is 1. The molecule has 0 saturated heterocycles. The molecule has 3 N–H and O–H groups in total. The summed E-state index contributed by atoms with van der Waals surface area (Å²) in [5.41, 5.74) is 6.41. The van der Waals surface area contributed by atoms with Gasteiger partial charge in [-0.2, -0.15) is 0 Å². The summed E-state index contributed by atoms with van der Waals surface area (Å²) in [4.78, 5) is 25.2. The molecule has 0 fully saturated rings. The van der Waals surface area contributed by atoms with Gasteiger partial charge in [0.2, 0.25) is 11.7 Å². The molecular formula is C11H10BrN3O2S. The lowest BCUT2D eigenvalue weighted by molar-refractivity contribution is -0.116. The second-order valence-corrected chi connectivity index (χ2v) is 5.18. The first-order valence-electron chi connectivity index (χ1n) is 5.11. The van der Waals surface area contributed by atoms with Gasteiger partial charge in [-0.3, -0.25) is 14.5 Å². The van der Waals surface area contributed by atoms with Crippen LogP contribution in [-0.2, 0) is 4.79 Å². The van der Waals surface area contributed by atoms with Crippen molar-refractivity contribution in [1.82, 2.24) is 5.32 Å². The Morgan fingerprint density at radius 2 is 2.22 bits per heavy atom. The number of amides is 1. The van der Waals surface area contributed by atoms with Crippen LogP contribution in [0.5, 0.6) is 0 Å². The Balaban J connectivity index is 2.51. The standard InChI is InChI=1S/C11H10BrN3O2S/c1-5(16)15-8-3-2-6(12)4-7(8)9(17)10(15)14-11(13)18/h2-4,10H,1H3,(H3,13,14,18)/t10-/m0/s1. The number of hydrogen-bond acceptors (Lipinski definition) is 3. The van der Waals surface area contributed by atoms with Crippen LogP contribution in [0.25, 0.3) is 0 Å². The topological polar surface area (TPSA) is 75.4 Å². The second kappa shape index (κ2) is 4.66. The number of thiocarbonyl (C=S) groups is 1. The summed E-state index contributed by atoms with van der Waals surface area (Å²) in [6.07, 6.45) is -0.857. The van der Waals surface area contributed by atoms with Crippen molar-refractivity contribution in [3.63, 3.8) is 0 Å². The van der Waals surface area contributed by atoms with Crippen LogP contribution in [0.4, 0.5) is 5.69 Å². The number of Topliss-reactive ketones (excluding diaryl/α,β-unsaturated/α-hetero) is 1. The molecule has 0 bridgehead atoms. The summed E-state index contributed by atoms with van der Waals surface area (Å²) in [6, 6.07) is 5.15. The number of halogens is 1. The highest BCUT2D eigenvalue weighted by Gasteiger charge is 2.39. The van der Waals surface area contributed by atoms with Crippen LogP contribution in [0.1, 0.15) is 17.3 Å². The van der Waals surface area contributed by atoms with E-state index in [0.717, 1.165) is 4.47 Å². The zero-order valence-electron chi connectivity index (χ0n) is 9.44. The molecule has 0 aliphatic carbocycles. The summed E-state index contributed by atoms with van der Waals surface area (Å²) >= 11 is 8.02. The van der Waals surface area contributed by atoms with Gasteiger partial charge < -0.3 is 11.1 Å². The molecule has 1 aliphatic heterocycles. The van der Waals surface area contributed by atoms with Crippen LogP contribution in [0.3, 0.4) is 0 Å². The first-order chi connectivity index (χ1) is 8.41. The number of anilines is 1. The minimum absolute atomic E-state index is 0.0218. The molecule has 0 aromatic heterocycles. The SMILES string of the molecule is CC(=O)N1c2ccc(Br)cc2C(=O)[C@H]1NC(N)=S. The molecular weight excluding hydrogens is 318 g/mol. The number of nitrogens with zero attached hydrogens (tertiary/aromatic N) is 1. The summed E-state index contributed by atoms with van der Waals surface area (Å²) in [7, 11) is 0. The molecule has 1 atom stereocenters. The van der Waals surface area contributed by atoms with Gasteiger partial charge in [0.15, 0.2) is 11.3 Å². The number of hydrogen-bond donors (Lipinski definition) is 2. The summed E-state index contributed by atoms with van der Waals surface area (Å²) < 4.78 is 0.772. The van der Waals surface area contributed by atoms with Crippen molar-refractivity contribution in [3.8, 4) is 0 Å². The predicted molar refractivity (Wildman–Crippen MR) is 75.3 cm³/mol. The van der Waals surface area contributed by atoms with Crippen molar-refractivity contribution in [1.29, 1.82) is 0 Å². The fourth-order valence-electron chi connectivity index (χ4n) is 1.94. The number of ketones is 1. The number of rotatable bonds is 1. The Labute approximate surface area is 117 Å². The van der Waals surface area contributed by atoms with Gasteiger partial charge in [0.1, 0.15) is 0 Å². The maximum absolute atomic E-state index is 12.2. The quantitative estimate of drug-likeness (QED) is 0.757. The first-order valence-corrected chi connectivity index (χ1v) is 6.31. The third-order valence-corrected chi connectivity index (χ3v) is 3.22. The highest BCUT2D eigenvalue weighted by atomic mass is 79.9. The van der Waals surface area contributed by atoms with Crippen molar-refractivity contribution in [2.75, 3.05) is 4.90 Å². The molecule has 0 saturated carbocycles. The molecule has 1 heterocycles. The van der Waals surface area contributed by atoms with Crippen LogP contribution in [-0.4, -0.2) is 23.0 Å². The Morgan fingerprint density at radius 1 is 1.56 bits per heavy atom. The highest BCUT2D eigenvalue weighted by Crippen LogP contribution is 2.33. The molecule has 0 unspecified atom stereocenters. The van der Waals surface area contributed by atoms with E-state index in [2.05, 4.69) is 21.2 Å². The fourth-order valence-corrected chi connectivity index (χ4v) is 2.41. The van der Waals surface area contributed by atoms with Crippen LogP contribution in [0.2, 0.25) is 0 Å². The van der Waals surface area contributed by atoms with Crippen LogP contribution in [0.15, 0.2) is 22.7 Å². The lowest BCUT2D eigenvalue weighted by Gasteiger charge is -2.23. The average Bonchev–Trinajstić information content (AvgIpc) is 2.52. The molecule has 0 spiro atoms. The van der Waals surface area contributed by atoms with Crippen molar-refractivity contribution >= 4 is 50.6 Å². The van der Waals surface area contributed by atoms with Crippen LogP contribution < -0.4 is 16.0 Å². The summed E-state index contributed by atoms with van der Waals surface area (Å²) in [6.45, 7) is 1.39. The van der Waals surface area contributed by atoms with Crippen molar-refractivity contribution in [2.24, 2.45) is 5.73 Å². The van der Waals surface area contributed by atoms with Gasteiger partial charge in [-0.15, -0.1) is 0 Å². The van der Waals surface area contributed by atoms with E-state index in [1.54, 1.807) is 18.2 Å². The third kappa shape index (κ3) is 2.11. The average molecular weight is 328 g/mol. The summed E-state index contributed by atoms with van der Waals surface area (Å²) in [5, 5.41) is 2.62. The number of carbonyl (C=O) groups excluding carboxylic acids is 2. The molecule has 2 rings (SSSR count). The Morgan fingerprint density at radius 3 is 2.78 bits per heavy atom. The van der Waals surface area contributed by atoms with Crippen LogP contribution in [0, 0.1) is 0 Å². The number of fused-ring (bicyclic) bond motifs is 1. The zero-order chi connectivity index (χ0) is 13.4. The van der Waals surface area contributed by atoms with E-state index < -0.39 is 6.17 Å². The molecule has 94 valence electrons. The number of nitrogens with one attached hydrogen (secondary N) is 1. The van der Waals surface area contributed by atoms with E-state index in [1.165, 1.54) is 11.8 Å². The normalized spacial score (nSPS) is 17.6. The van der Waals surface area contributed by atoms with Gasteiger partial charge in [-0.1, -0.05) is 15.9 Å².